The Labute approximate surface area is 196 Å². The molecule has 2 heterocycles. The van der Waals surface area contributed by atoms with Crippen LogP contribution in [0.3, 0.4) is 0 Å². The number of hydrogen-bond donors (Lipinski definition) is 1. The largest absolute Gasteiger partial charge is 0.416 e. The van der Waals surface area contributed by atoms with E-state index in [1.807, 2.05) is 42.5 Å². The predicted molar refractivity (Wildman–Crippen MR) is 126 cm³/mol. The lowest BCUT2D eigenvalue weighted by molar-refractivity contribution is -0.137. The fraction of sp³-hybridized carbons (Fsp3) is 0.130. The first-order valence-electron chi connectivity index (χ1n) is 9.74. The first-order valence-corrected chi connectivity index (χ1v) is 11.1. The second-order valence-corrected chi connectivity index (χ2v) is 8.43. The van der Waals surface area contributed by atoms with Crippen LogP contribution >= 0.6 is 23.4 Å². The van der Waals surface area contributed by atoms with Gasteiger partial charge in [-0.3, -0.25) is 9.78 Å². The van der Waals surface area contributed by atoms with Crippen LogP contribution in [-0.4, -0.2) is 27.4 Å². The molecule has 0 radical (unpaired) electrons. The summed E-state index contributed by atoms with van der Waals surface area (Å²) in [6.07, 6.45) is -2.51. The molecule has 1 amide bonds. The van der Waals surface area contributed by atoms with Gasteiger partial charge < -0.3 is 5.32 Å². The van der Waals surface area contributed by atoms with E-state index >= 15 is 0 Å². The van der Waals surface area contributed by atoms with Gasteiger partial charge in [-0.05, 0) is 42.5 Å². The molecule has 0 fully saturated rings. The molecule has 0 spiro atoms. The molecule has 33 heavy (non-hydrogen) atoms. The van der Waals surface area contributed by atoms with Gasteiger partial charge in [-0.25, -0.2) is 9.98 Å². The lowest BCUT2D eigenvalue weighted by Gasteiger charge is -2.12. The van der Waals surface area contributed by atoms with Gasteiger partial charge in [-0.1, -0.05) is 29.8 Å². The normalized spacial score (nSPS) is 13.5. The van der Waals surface area contributed by atoms with E-state index in [-0.39, 0.29) is 16.5 Å². The molecule has 1 aliphatic heterocycles. The molecule has 4 rings (SSSR count). The fourth-order valence-electron chi connectivity index (χ4n) is 3.05. The molecule has 0 saturated heterocycles. The second kappa shape index (κ2) is 9.76. The van der Waals surface area contributed by atoms with E-state index in [1.54, 1.807) is 6.20 Å². The van der Waals surface area contributed by atoms with E-state index in [4.69, 9.17) is 16.6 Å². The van der Waals surface area contributed by atoms with Gasteiger partial charge in [0.25, 0.3) is 0 Å². The Hall–Kier alpha value is -3.17. The smallest absolute Gasteiger partial charge is 0.324 e. The lowest BCUT2D eigenvalue weighted by atomic mass is 10.2. The Kier molecular flexibility index (Phi) is 6.80. The van der Waals surface area contributed by atoms with Crippen molar-refractivity contribution < 1.29 is 18.0 Å². The SMILES string of the molecule is O=C(CSC1=Nc2ccccc2N=C(c2ccccn2)C1)Nc1cc(C(F)(F)F)ccc1Cl. The average Bonchev–Trinajstić information content (AvgIpc) is 2.98. The van der Waals surface area contributed by atoms with Gasteiger partial charge in [-0.15, -0.1) is 11.8 Å². The summed E-state index contributed by atoms with van der Waals surface area (Å²) in [5.41, 5.74) is 1.76. The highest BCUT2D eigenvalue weighted by Gasteiger charge is 2.31. The van der Waals surface area contributed by atoms with E-state index < -0.39 is 17.6 Å². The summed E-state index contributed by atoms with van der Waals surface area (Å²) >= 11 is 7.15. The van der Waals surface area contributed by atoms with Crippen molar-refractivity contribution in [3.63, 3.8) is 0 Å². The van der Waals surface area contributed by atoms with Gasteiger partial charge in [-0.2, -0.15) is 13.2 Å². The Balaban J connectivity index is 1.51. The molecule has 1 aromatic heterocycles. The Bertz CT molecular complexity index is 1250. The summed E-state index contributed by atoms with van der Waals surface area (Å²) in [7, 11) is 0. The van der Waals surface area contributed by atoms with Gasteiger partial charge >= 0.3 is 6.18 Å². The van der Waals surface area contributed by atoms with Gasteiger partial charge in [0.1, 0.15) is 0 Å². The molecular weight excluding hydrogens is 473 g/mol. The van der Waals surface area contributed by atoms with Crippen molar-refractivity contribution in [1.29, 1.82) is 0 Å². The molecule has 3 aromatic rings. The van der Waals surface area contributed by atoms with Crippen molar-refractivity contribution in [1.82, 2.24) is 4.98 Å². The molecule has 0 unspecified atom stereocenters. The zero-order chi connectivity index (χ0) is 23.4. The Morgan fingerprint density at radius 3 is 2.45 bits per heavy atom. The standard InChI is InChI=1S/C23H16ClF3N4OS/c24-15-9-8-14(23(25,26)27)11-19(15)30-21(32)13-33-22-12-20(16-5-3-4-10-28-16)29-17-6-1-2-7-18(17)31-22/h1-11H,12-13H2,(H,30,32). The number of nitrogens with one attached hydrogen (secondary N) is 1. The minimum atomic E-state index is -4.54. The van der Waals surface area contributed by atoms with Crippen molar-refractivity contribution >= 4 is 57.1 Å². The number of aliphatic imine (C=N–C) groups is 2. The summed E-state index contributed by atoms with van der Waals surface area (Å²) in [5.74, 6) is -0.568. The number of nitrogens with zero attached hydrogens (tertiary/aromatic N) is 3. The summed E-state index contributed by atoms with van der Waals surface area (Å²) in [5, 5.41) is 3.10. The number of hydrogen-bond acceptors (Lipinski definition) is 5. The van der Waals surface area contributed by atoms with Crippen molar-refractivity contribution in [2.75, 3.05) is 11.1 Å². The molecule has 5 nitrogen and oxygen atoms in total. The third-order valence-corrected chi connectivity index (χ3v) is 5.90. The number of benzene rings is 2. The summed E-state index contributed by atoms with van der Waals surface area (Å²) in [4.78, 5) is 26.2. The molecule has 0 aliphatic carbocycles. The number of para-hydroxylation sites is 2. The molecule has 10 heteroatoms. The monoisotopic (exact) mass is 488 g/mol. The van der Waals surface area contributed by atoms with Crippen LogP contribution in [0.5, 0.6) is 0 Å². The summed E-state index contributed by atoms with van der Waals surface area (Å²) in [6, 6.07) is 15.7. The molecule has 0 bridgehead atoms. The van der Waals surface area contributed by atoms with Gasteiger partial charge in [0.15, 0.2) is 0 Å². The van der Waals surface area contributed by atoms with Crippen LogP contribution in [0.15, 0.2) is 76.8 Å². The number of amides is 1. The highest BCUT2D eigenvalue weighted by Crippen LogP contribution is 2.35. The molecular formula is C23H16ClF3N4OS. The summed E-state index contributed by atoms with van der Waals surface area (Å²) < 4.78 is 38.9. The minimum Gasteiger partial charge on any atom is -0.324 e. The minimum absolute atomic E-state index is 0.0201. The molecule has 168 valence electrons. The van der Waals surface area contributed by atoms with E-state index in [0.717, 1.165) is 18.2 Å². The van der Waals surface area contributed by atoms with E-state index in [0.29, 0.717) is 34.2 Å². The highest BCUT2D eigenvalue weighted by atomic mass is 35.5. The van der Waals surface area contributed by atoms with Crippen molar-refractivity contribution in [3.05, 3.63) is 83.1 Å². The van der Waals surface area contributed by atoms with Crippen molar-refractivity contribution in [3.8, 4) is 0 Å². The topological polar surface area (TPSA) is 66.7 Å². The maximum absolute atomic E-state index is 13.0. The molecule has 1 N–H and O–H groups in total. The van der Waals surface area contributed by atoms with Crippen molar-refractivity contribution in [2.24, 2.45) is 9.98 Å². The van der Waals surface area contributed by atoms with Gasteiger partial charge in [0, 0.05) is 12.6 Å². The maximum atomic E-state index is 13.0. The van der Waals surface area contributed by atoms with E-state index in [2.05, 4.69) is 15.3 Å². The van der Waals surface area contributed by atoms with Crippen LogP contribution in [0.4, 0.5) is 30.2 Å². The van der Waals surface area contributed by atoms with E-state index in [1.165, 1.54) is 11.8 Å². The Morgan fingerprint density at radius 2 is 1.76 bits per heavy atom. The Morgan fingerprint density at radius 1 is 1.03 bits per heavy atom. The van der Waals surface area contributed by atoms with Gasteiger partial charge in [0.05, 0.1) is 49.9 Å². The van der Waals surface area contributed by atoms with Crippen LogP contribution in [0.2, 0.25) is 5.02 Å². The van der Waals surface area contributed by atoms with Crippen LogP contribution < -0.4 is 5.32 Å². The lowest BCUT2D eigenvalue weighted by Crippen LogP contribution is -2.17. The van der Waals surface area contributed by atoms with Crippen LogP contribution in [0.1, 0.15) is 17.7 Å². The third kappa shape index (κ3) is 5.80. The zero-order valence-corrected chi connectivity index (χ0v) is 18.5. The number of aromatic nitrogens is 1. The van der Waals surface area contributed by atoms with E-state index in [9.17, 15) is 18.0 Å². The van der Waals surface area contributed by atoms with Gasteiger partial charge in [0.2, 0.25) is 5.91 Å². The van der Waals surface area contributed by atoms with Crippen LogP contribution in [0.25, 0.3) is 0 Å². The summed E-state index contributed by atoms with van der Waals surface area (Å²) in [6.45, 7) is 0. The highest BCUT2D eigenvalue weighted by molar-refractivity contribution is 8.14. The fourth-order valence-corrected chi connectivity index (χ4v) is 3.99. The number of alkyl halides is 3. The quantitative estimate of drug-likeness (QED) is 0.445. The number of anilines is 1. The second-order valence-electron chi connectivity index (χ2n) is 6.97. The number of pyridine rings is 1. The first-order chi connectivity index (χ1) is 15.8. The zero-order valence-electron chi connectivity index (χ0n) is 16.9. The number of halogens is 4. The first kappa shape index (κ1) is 23.0. The van der Waals surface area contributed by atoms with Crippen LogP contribution in [0, 0.1) is 0 Å². The molecule has 0 saturated carbocycles. The molecule has 1 aliphatic rings. The molecule has 0 atom stereocenters. The number of rotatable bonds is 4. The van der Waals surface area contributed by atoms with Crippen LogP contribution in [-0.2, 0) is 11.0 Å². The number of carbonyl (C=O) groups excluding carboxylic acids is 1. The molecule has 2 aromatic carbocycles. The predicted octanol–water partition coefficient (Wildman–Crippen LogP) is 6.68. The maximum Gasteiger partial charge on any atom is 0.416 e. The third-order valence-electron chi connectivity index (χ3n) is 4.60. The average molecular weight is 489 g/mol. The van der Waals surface area contributed by atoms with Crippen molar-refractivity contribution in [2.45, 2.75) is 12.6 Å². The number of fused-ring (bicyclic) bond motifs is 1. The number of thioether (sulfide) groups is 1. The number of carbonyl (C=O) groups is 1.